The van der Waals surface area contributed by atoms with Crippen LogP contribution >= 0.6 is 0 Å². The molecule has 2 aromatic rings. The molecule has 1 aromatic heterocycles. The van der Waals surface area contributed by atoms with Gasteiger partial charge in [0.25, 0.3) is 0 Å². The minimum atomic E-state index is -0.216. The van der Waals surface area contributed by atoms with E-state index in [9.17, 15) is 4.79 Å². The van der Waals surface area contributed by atoms with Crippen molar-refractivity contribution < 1.29 is 9.53 Å². The lowest BCUT2D eigenvalue weighted by molar-refractivity contribution is -0.120. The van der Waals surface area contributed by atoms with Gasteiger partial charge in [-0.1, -0.05) is 12.1 Å². The molecule has 6 nitrogen and oxygen atoms in total. The summed E-state index contributed by atoms with van der Waals surface area (Å²) in [6.45, 7) is 2.75. The Morgan fingerprint density at radius 2 is 2.25 bits per heavy atom. The minimum absolute atomic E-state index is 0.0284. The van der Waals surface area contributed by atoms with Gasteiger partial charge in [0.2, 0.25) is 5.91 Å². The number of amides is 1. The summed E-state index contributed by atoms with van der Waals surface area (Å²) >= 11 is 0. The molecule has 128 valence electrons. The maximum absolute atomic E-state index is 12.8. The van der Waals surface area contributed by atoms with E-state index in [1.165, 1.54) is 0 Å². The molecule has 0 spiro atoms. The third-order valence-corrected chi connectivity index (χ3v) is 4.49. The molecule has 1 N–H and O–H groups in total. The van der Waals surface area contributed by atoms with E-state index in [1.54, 1.807) is 18.0 Å². The summed E-state index contributed by atoms with van der Waals surface area (Å²) in [6, 6.07) is 7.84. The van der Waals surface area contributed by atoms with Crippen LogP contribution in [-0.4, -0.2) is 35.4 Å². The van der Waals surface area contributed by atoms with Gasteiger partial charge in [-0.15, -0.1) is 0 Å². The van der Waals surface area contributed by atoms with E-state index < -0.39 is 0 Å². The second-order valence-electron chi connectivity index (χ2n) is 6.20. The number of anilines is 2. The van der Waals surface area contributed by atoms with E-state index in [-0.39, 0.29) is 18.1 Å². The fraction of sp³-hybridized carbons (Fsp3) is 0.444. The molecule has 0 aliphatic carbocycles. The molecule has 1 amide bonds. The van der Waals surface area contributed by atoms with E-state index in [0.717, 1.165) is 36.3 Å². The summed E-state index contributed by atoms with van der Waals surface area (Å²) < 4.78 is 7.08. The number of aromatic nitrogens is 2. The molecular formula is C18H24N4O2. The lowest BCUT2D eigenvalue weighted by Gasteiger charge is -2.32. The molecule has 0 radical (unpaired) electrons. The topological polar surface area (TPSA) is 59.4 Å². The first-order chi connectivity index (χ1) is 11.6. The average molecular weight is 328 g/mol. The number of benzene rings is 1. The quantitative estimate of drug-likeness (QED) is 0.917. The number of methoxy groups -OCH3 is 1. The van der Waals surface area contributed by atoms with Crippen LogP contribution in [-0.2, 0) is 16.6 Å². The van der Waals surface area contributed by atoms with E-state index in [2.05, 4.69) is 10.4 Å². The minimum Gasteiger partial charge on any atom is -0.377 e. The van der Waals surface area contributed by atoms with Crippen LogP contribution in [0.2, 0.25) is 0 Å². The molecule has 2 atom stereocenters. The molecule has 6 heteroatoms. The summed E-state index contributed by atoms with van der Waals surface area (Å²) in [5.41, 5.74) is 2.90. The molecule has 1 aliphatic rings. The van der Waals surface area contributed by atoms with Crippen molar-refractivity contribution >= 4 is 17.3 Å². The predicted molar refractivity (Wildman–Crippen MR) is 94.1 cm³/mol. The van der Waals surface area contributed by atoms with Gasteiger partial charge in [0, 0.05) is 32.6 Å². The highest BCUT2D eigenvalue weighted by molar-refractivity contribution is 5.99. The molecule has 3 rings (SSSR count). The molecule has 1 aliphatic heterocycles. The Labute approximate surface area is 142 Å². The Hall–Kier alpha value is -2.34. The molecular weight excluding hydrogens is 304 g/mol. The Kier molecular flexibility index (Phi) is 4.85. The number of carbonyl (C=O) groups excluding carboxylic acids is 1. The van der Waals surface area contributed by atoms with Gasteiger partial charge in [0.15, 0.2) is 0 Å². The molecule has 0 bridgehead atoms. The molecule has 1 aromatic carbocycles. The van der Waals surface area contributed by atoms with E-state index in [1.807, 2.05) is 49.3 Å². The van der Waals surface area contributed by atoms with Crippen molar-refractivity contribution in [1.82, 2.24) is 9.78 Å². The monoisotopic (exact) mass is 328 g/mol. The van der Waals surface area contributed by atoms with Crippen molar-refractivity contribution in [2.45, 2.75) is 31.9 Å². The lowest BCUT2D eigenvalue weighted by Crippen LogP contribution is -2.47. The van der Waals surface area contributed by atoms with Gasteiger partial charge in [-0.05, 0) is 37.5 Å². The van der Waals surface area contributed by atoms with Gasteiger partial charge in [0.05, 0.1) is 18.0 Å². The second kappa shape index (κ2) is 7.05. The zero-order chi connectivity index (χ0) is 17.1. The molecule has 2 heterocycles. The first kappa shape index (κ1) is 16.5. The number of aryl methyl sites for hydroxylation is 1. The standard InChI is InChI=1S/C18H24N4O2/c1-13(24-3)14-6-4-7-15(10-14)20-17-8-5-9-22(18(17)23)16-11-19-21(2)12-16/h4,6-7,10-13,17,20H,5,8-9H2,1-3H3/t13-,17-/m1/s1. The third kappa shape index (κ3) is 3.43. The number of ether oxygens (including phenoxy) is 1. The van der Waals surface area contributed by atoms with Crippen LogP contribution in [0.5, 0.6) is 0 Å². The maximum atomic E-state index is 12.8. The highest BCUT2D eigenvalue weighted by atomic mass is 16.5. The van der Waals surface area contributed by atoms with Crippen LogP contribution in [0.4, 0.5) is 11.4 Å². The number of rotatable bonds is 5. The van der Waals surface area contributed by atoms with Crippen molar-refractivity contribution in [3.8, 4) is 0 Å². The fourth-order valence-electron chi connectivity index (χ4n) is 3.03. The van der Waals surface area contributed by atoms with Crippen molar-refractivity contribution in [2.75, 3.05) is 23.9 Å². The highest BCUT2D eigenvalue weighted by Gasteiger charge is 2.30. The Balaban J connectivity index is 1.74. The molecule has 0 saturated carbocycles. The third-order valence-electron chi connectivity index (χ3n) is 4.49. The summed E-state index contributed by atoms with van der Waals surface area (Å²) in [4.78, 5) is 14.6. The van der Waals surface area contributed by atoms with Crippen molar-refractivity contribution in [1.29, 1.82) is 0 Å². The molecule has 24 heavy (non-hydrogen) atoms. The van der Waals surface area contributed by atoms with E-state index in [0.29, 0.717) is 0 Å². The number of hydrogen-bond acceptors (Lipinski definition) is 4. The fourth-order valence-corrected chi connectivity index (χ4v) is 3.03. The summed E-state index contributed by atoms with van der Waals surface area (Å²) in [7, 11) is 3.55. The Morgan fingerprint density at radius 3 is 2.96 bits per heavy atom. The van der Waals surface area contributed by atoms with Crippen LogP contribution in [0.25, 0.3) is 0 Å². The van der Waals surface area contributed by atoms with Crippen molar-refractivity contribution in [2.24, 2.45) is 7.05 Å². The number of piperidine rings is 1. The first-order valence-electron chi connectivity index (χ1n) is 8.28. The van der Waals surface area contributed by atoms with Crippen LogP contribution < -0.4 is 10.2 Å². The molecule has 1 saturated heterocycles. The van der Waals surface area contributed by atoms with E-state index in [4.69, 9.17) is 4.74 Å². The maximum Gasteiger partial charge on any atom is 0.249 e. The number of hydrogen-bond donors (Lipinski definition) is 1. The smallest absolute Gasteiger partial charge is 0.249 e. The van der Waals surface area contributed by atoms with Crippen LogP contribution in [0.15, 0.2) is 36.7 Å². The van der Waals surface area contributed by atoms with Gasteiger partial charge >= 0.3 is 0 Å². The summed E-state index contributed by atoms with van der Waals surface area (Å²) in [6.07, 6.45) is 5.44. The number of carbonyl (C=O) groups is 1. The zero-order valence-corrected chi connectivity index (χ0v) is 14.4. The normalized spacial score (nSPS) is 19.4. The predicted octanol–water partition coefficient (Wildman–Crippen LogP) is 2.74. The highest BCUT2D eigenvalue weighted by Crippen LogP contribution is 2.24. The molecule has 1 fully saturated rings. The van der Waals surface area contributed by atoms with Crippen LogP contribution in [0, 0.1) is 0 Å². The van der Waals surface area contributed by atoms with Gasteiger partial charge in [-0.3, -0.25) is 9.48 Å². The van der Waals surface area contributed by atoms with E-state index >= 15 is 0 Å². The lowest BCUT2D eigenvalue weighted by atomic mass is 10.0. The van der Waals surface area contributed by atoms with Gasteiger partial charge < -0.3 is 15.0 Å². The average Bonchev–Trinajstić information content (AvgIpc) is 3.02. The summed E-state index contributed by atoms with van der Waals surface area (Å²) in [5.74, 6) is 0.0967. The van der Waals surface area contributed by atoms with Crippen LogP contribution in [0.1, 0.15) is 31.4 Å². The van der Waals surface area contributed by atoms with Crippen LogP contribution in [0.3, 0.4) is 0 Å². The van der Waals surface area contributed by atoms with Gasteiger partial charge in [0.1, 0.15) is 6.04 Å². The summed E-state index contributed by atoms with van der Waals surface area (Å²) in [5, 5.41) is 7.55. The Bertz CT molecular complexity index is 713. The number of nitrogens with one attached hydrogen (secondary N) is 1. The second-order valence-corrected chi connectivity index (χ2v) is 6.20. The molecule has 0 unspecified atom stereocenters. The van der Waals surface area contributed by atoms with Crippen molar-refractivity contribution in [3.63, 3.8) is 0 Å². The largest absolute Gasteiger partial charge is 0.377 e. The zero-order valence-electron chi connectivity index (χ0n) is 14.4. The SMILES string of the molecule is CO[C@H](C)c1cccc(N[C@@H]2CCCN(c3cnn(C)c3)C2=O)c1. The van der Waals surface area contributed by atoms with Crippen molar-refractivity contribution in [3.05, 3.63) is 42.2 Å². The van der Waals surface area contributed by atoms with Gasteiger partial charge in [-0.2, -0.15) is 5.10 Å². The first-order valence-corrected chi connectivity index (χ1v) is 8.28. The number of nitrogens with zero attached hydrogens (tertiary/aromatic N) is 3. The Morgan fingerprint density at radius 1 is 1.42 bits per heavy atom. The van der Waals surface area contributed by atoms with Gasteiger partial charge in [-0.25, -0.2) is 0 Å².